The third-order valence-corrected chi connectivity index (χ3v) is 6.81. The zero-order valence-corrected chi connectivity index (χ0v) is 18.5. The lowest BCUT2D eigenvalue weighted by atomic mass is 10.1. The van der Waals surface area contributed by atoms with Crippen molar-refractivity contribution in [3.8, 4) is 0 Å². The van der Waals surface area contributed by atoms with E-state index in [-0.39, 0.29) is 11.7 Å². The van der Waals surface area contributed by atoms with E-state index in [1.54, 1.807) is 12.3 Å². The molecule has 0 aliphatic carbocycles. The number of aryl methyl sites for hydroxylation is 1. The molecule has 2 aromatic heterocycles. The fourth-order valence-electron chi connectivity index (χ4n) is 5.03. The van der Waals surface area contributed by atoms with Gasteiger partial charge in [-0.05, 0) is 62.4 Å². The molecule has 2 N–H and O–H groups in total. The Bertz CT molecular complexity index is 1120. The van der Waals surface area contributed by atoms with Gasteiger partial charge in [-0.3, -0.25) is 4.79 Å². The van der Waals surface area contributed by atoms with Gasteiger partial charge in [-0.15, -0.1) is 0 Å². The number of anilines is 1. The van der Waals surface area contributed by atoms with Gasteiger partial charge in [-0.25, -0.2) is 9.37 Å². The number of piperazine rings is 1. The number of nitrogens with zero attached hydrogens (tertiary/aromatic N) is 3. The lowest BCUT2D eigenvalue weighted by Gasteiger charge is -2.39. The first-order valence-corrected chi connectivity index (χ1v) is 11.6. The van der Waals surface area contributed by atoms with Crippen LogP contribution in [0, 0.1) is 5.82 Å². The average molecular weight is 436 g/mol. The molecule has 6 rings (SSSR count). The van der Waals surface area contributed by atoms with Gasteiger partial charge in [0.1, 0.15) is 11.5 Å². The van der Waals surface area contributed by atoms with Gasteiger partial charge < -0.3 is 20.1 Å². The SMILES string of the molecule is CCn1ccc2cc(C(=O)NCCc3ccc(N4CC5CCCC4CN5)c(F)c3)cnc21. The molecule has 5 heterocycles. The van der Waals surface area contributed by atoms with Crippen molar-refractivity contribution >= 4 is 22.6 Å². The third kappa shape index (κ3) is 4.09. The molecule has 0 saturated carbocycles. The summed E-state index contributed by atoms with van der Waals surface area (Å²) in [5.41, 5.74) is 3.01. The fourth-order valence-corrected chi connectivity index (χ4v) is 5.03. The number of hydrogen-bond acceptors (Lipinski definition) is 4. The van der Waals surface area contributed by atoms with E-state index in [1.165, 1.54) is 12.8 Å². The molecule has 3 aliphatic heterocycles. The number of carbonyl (C=O) groups is 1. The van der Waals surface area contributed by atoms with Crippen LogP contribution in [0.15, 0.2) is 42.7 Å². The van der Waals surface area contributed by atoms with E-state index in [4.69, 9.17) is 0 Å². The molecule has 0 radical (unpaired) electrons. The lowest BCUT2D eigenvalue weighted by Crippen LogP contribution is -2.54. The van der Waals surface area contributed by atoms with Crippen molar-refractivity contribution in [2.75, 3.05) is 24.5 Å². The van der Waals surface area contributed by atoms with Crippen molar-refractivity contribution in [2.45, 2.75) is 51.2 Å². The van der Waals surface area contributed by atoms with Gasteiger partial charge in [0.2, 0.25) is 0 Å². The number of benzene rings is 1. The van der Waals surface area contributed by atoms with Crippen molar-refractivity contribution in [3.05, 3.63) is 59.7 Å². The Morgan fingerprint density at radius 3 is 3.03 bits per heavy atom. The van der Waals surface area contributed by atoms with Gasteiger partial charge >= 0.3 is 0 Å². The van der Waals surface area contributed by atoms with Crippen LogP contribution < -0.4 is 15.5 Å². The second-order valence-corrected chi connectivity index (χ2v) is 8.87. The molecule has 7 heteroatoms. The number of rotatable bonds is 6. The van der Waals surface area contributed by atoms with Crippen molar-refractivity contribution in [1.29, 1.82) is 0 Å². The minimum atomic E-state index is -0.170. The van der Waals surface area contributed by atoms with Gasteiger partial charge in [-0.1, -0.05) is 6.07 Å². The van der Waals surface area contributed by atoms with Crippen LogP contribution in [-0.4, -0.2) is 47.2 Å². The number of amides is 1. The summed E-state index contributed by atoms with van der Waals surface area (Å²) < 4.78 is 17.0. The van der Waals surface area contributed by atoms with E-state index >= 15 is 0 Å². The van der Waals surface area contributed by atoms with Crippen molar-refractivity contribution in [1.82, 2.24) is 20.2 Å². The number of fused-ring (bicyclic) bond motifs is 5. The van der Waals surface area contributed by atoms with Crippen LogP contribution >= 0.6 is 0 Å². The van der Waals surface area contributed by atoms with Crippen LogP contribution in [0.3, 0.4) is 0 Å². The third-order valence-electron chi connectivity index (χ3n) is 6.81. The molecule has 2 unspecified atom stereocenters. The van der Waals surface area contributed by atoms with Crippen LogP contribution in [-0.2, 0) is 13.0 Å². The van der Waals surface area contributed by atoms with E-state index in [1.807, 2.05) is 35.0 Å². The van der Waals surface area contributed by atoms with Crippen LogP contribution in [0.25, 0.3) is 11.0 Å². The van der Waals surface area contributed by atoms with Crippen LogP contribution in [0.1, 0.15) is 42.1 Å². The molecule has 3 aromatic rings. The predicted molar refractivity (Wildman–Crippen MR) is 125 cm³/mol. The zero-order chi connectivity index (χ0) is 22.1. The molecule has 3 aliphatic rings. The quantitative estimate of drug-likeness (QED) is 0.622. The molecule has 2 atom stereocenters. The van der Waals surface area contributed by atoms with Crippen LogP contribution in [0.2, 0.25) is 0 Å². The van der Waals surface area contributed by atoms with Gasteiger partial charge in [0.05, 0.1) is 11.3 Å². The zero-order valence-electron chi connectivity index (χ0n) is 18.5. The summed E-state index contributed by atoms with van der Waals surface area (Å²) in [6.07, 6.45) is 7.65. The van der Waals surface area contributed by atoms with Crippen LogP contribution in [0.4, 0.5) is 10.1 Å². The molecule has 1 aromatic carbocycles. The molecule has 1 amide bonds. The molecule has 32 heavy (non-hydrogen) atoms. The molecular weight excluding hydrogens is 405 g/mol. The monoisotopic (exact) mass is 435 g/mol. The Labute approximate surface area is 187 Å². The molecule has 2 bridgehead atoms. The first-order chi connectivity index (χ1) is 15.6. The molecule has 6 nitrogen and oxygen atoms in total. The maximum Gasteiger partial charge on any atom is 0.252 e. The summed E-state index contributed by atoms with van der Waals surface area (Å²) in [5, 5.41) is 7.45. The number of pyridine rings is 1. The Kier molecular flexibility index (Phi) is 5.83. The smallest absolute Gasteiger partial charge is 0.252 e. The van der Waals surface area contributed by atoms with Crippen molar-refractivity contribution in [3.63, 3.8) is 0 Å². The molecule has 0 spiro atoms. The maximum absolute atomic E-state index is 15.0. The molecular formula is C25H30FN5O. The summed E-state index contributed by atoms with van der Waals surface area (Å²) >= 11 is 0. The van der Waals surface area contributed by atoms with Gasteiger partial charge in [-0.2, -0.15) is 0 Å². The average Bonchev–Trinajstić information content (AvgIpc) is 2.94. The summed E-state index contributed by atoms with van der Waals surface area (Å²) in [7, 11) is 0. The standard InChI is InChI=1S/C25H30FN5O/c1-2-30-11-9-18-13-19(14-29-24(18)30)25(32)27-10-8-17-6-7-23(22(26)12-17)31-16-20-4-3-5-21(31)15-28-20/h6-7,9,11-14,20-21,28H,2-5,8,10,15-16H2,1H3,(H,27,32). The minimum Gasteiger partial charge on any atom is -0.363 e. The van der Waals surface area contributed by atoms with E-state index in [0.29, 0.717) is 36.3 Å². The number of hydrogen-bond donors (Lipinski definition) is 2. The Morgan fingerprint density at radius 2 is 2.19 bits per heavy atom. The highest BCUT2D eigenvalue weighted by Gasteiger charge is 2.32. The highest BCUT2D eigenvalue weighted by atomic mass is 19.1. The first-order valence-electron chi connectivity index (χ1n) is 11.6. The van der Waals surface area contributed by atoms with Crippen LogP contribution in [0.5, 0.6) is 0 Å². The minimum absolute atomic E-state index is 0.158. The largest absolute Gasteiger partial charge is 0.363 e. The van der Waals surface area contributed by atoms with Gasteiger partial charge in [0.25, 0.3) is 5.91 Å². The second kappa shape index (κ2) is 8.90. The summed E-state index contributed by atoms with van der Waals surface area (Å²) in [6, 6.07) is 10.2. The van der Waals surface area contributed by atoms with E-state index in [9.17, 15) is 9.18 Å². The number of aromatic nitrogens is 2. The normalized spacial score (nSPS) is 20.5. The summed E-state index contributed by atoms with van der Waals surface area (Å²) in [6.45, 7) is 5.16. The van der Waals surface area contributed by atoms with Crippen molar-refractivity contribution in [2.24, 2.45) is 0 Å². The first kappa shape index (κ1) is 20.9. The second-order valence-electron chi connectivity index (χ2n) is 8.87. The van der Waals surface area contributed by atoms with E-state index in [2.05, 4.69) is 27.4 Å². The van der Waals surface area contributed by atoms with E-state index in [0.717, 1.165) is 42.7 Å². The Hall–Kier alpha value is -2.93. The lowest BCUT2D eigenvalue weighted by molar-refractivity contribution is 0.0954. The predicted octanol–water partition coefficient (Wildman–Crippen LogP) is 3.50. The van der Waals surface area contributed by atoms with Crippen molar-refractivity contribution < 1.29 is 9.18 Å². The summed E-state index contributed by atoms with van der Waals surface area (Å²) in [4.78, 5) is 19.2. The highest BCUT2D eigenvalue weighted by molar-refractivity contribution is 5.96. The Morgan fingerprint density at radius 1 is 1.28 bits per heavy atom. The number of carbonyl (C=O) groups excluding carboxylic acids is 1. The topological polar surface area (TPSA) is 62.2 Å². The molecule has 3 saturated heterocycles. The highest BCUT2D eigenvalue weighted by Crippen LogP contribution is 2.29. The molecule has 3 fully saturated rings. The fraction of sp³-hybridized carbons (Fsp3) is 0.440. The van der Waals surface area contributed by atoms with E-state index < -0.39 is 0 Å². The number of nitrogens with one attached hydrogen (secondary N) is 2. The maximum atomic E-state index is 15.0. The van der Waals surface area contributed by atoms with Gasteiger partial charge in [0, 0.05) is 56.0 Å². The molecule has 168 valence electrons. The Balaban J connectivity index is 1.20. The number of halogens is 1. The summed E-state index contributed by atoms with van der Waals surface area (Å²) in [5.74, 6) is -0.328. The van der Waals surface area contributed by atoms with Gasteiger partial charge in [0.15, 0.2) is 0 Å².